The minimum absolute atomic E-state index is 0.0474. The van der Waals surface area contributed by atoms with Crippen molar-refractivity contribution in [3.63, 3.8) is 0 Å². The van der Waals surface area contributed by atoms with Crippen LogP contribution in [0.2, 0.25) is 0 Å². The number of carbonyl (C=O) groups excluding carboxylic acids is 1. The number of nitrogens with zero attached hydrogens (tertiary/aromatic N) is 2. The van der Waals surface area contributed by atoms with Gasteiger partial charge in [-0.25, -0.2) is 9.37 Å². The van der Waals surface area contributed by atoms with E-state index in [4.69, 9.17) is 4.74 Å². The summed E-state index contributed by atoms with van der Waals surface area (Å²) in [5.41, 5.74) is 2.33. The minimum atomic E-state index is -0.241. The van der Waals surface area contributed by atoms with E-state index in [0.29, 0.717) is 37.4 Å². The summed E-state index contributed by atoms with van der Waals surface area (Å²) in [4.78, 5) is 19.1. The lowest BCUT2D eigenvalue weighted by atomic mass is 10.1. The molecule has 1 aromatic heterocycles. The summed E-state index contributed by atoms with van der Waals surface area (Å²) in [5.74, 6) is -0.288. The molecule has 1 fully saturated rings. The first-order valence-electron chi connectivity index (χ1n) is 10.3. The van der Waals surface area contributed by atoms with E-state index in [1.54, 1.807) is 17.5 Å². The van der Waals surface area contributed by atoms with Gasteiger partial charge in [-0.3, -0.25) is 4.79 Å². The minimum Gasteiger partial charge on any atom is -0.378 e. The Kier molecular flexibility index (Phi) is 6.87. The topological polar surface area (TPSA) is 42.4 Å². The van der Waals surface area contributed by atoms with E-state index in [0.717, 1.165) is 24.3 Å². The second-order valence-corrected chi connectivity index (χ2v) is 8.44. The predicted octanol–water partition coefficient (Wildman–Crippen LogP) is 4.74. The van der Waals surface area contributed by atoms with Crippen molar-refractivity contribution in [3.05, 3.63) is 87.6 Å². The summed E-state index contributed by atoms with van der Waals surface area (Å²) in [6, 6.07) is 17.0. The van der Waals surface area contributed by atoms with Crippen LogP contribution in [-0.2, 0) is 17.6 Å². The molecule has 156 valence electrons. The van der Waals surface area contributed by atoms with Crippen molar-refractivity contribution in [2.75, 3.05) is 19.7 Å². The molecule has 4 nitrogen and oxygen atoms in total. The SMILES string of the molecule is O=C(c1csc(Cc2ccccc2F)n1)N1CCC(OCCc2ccccc2)CC1. The van der Waals surface area contributed by atoms with Gasteiger partial charge in [-0.1, -0.05) is 48.5 Å². The zero-order chi connectivity index (χ0) is 20.8. The molecule has 3 aromatic rings. The number of rotatable bonds is 7. The maximum absolute atomic E-state index is 13.8. The highest BCUT2D eigenvalue weighted by Gasteiger charge is 2.25. The Morgan fingerprint density at radius 1 is 1.10 bits per heavy atom. The molecule has 1 saturated heterocycles. The third kappa shape index (κ3) is 5.32. The molecule has 1 aliphatic heterocycles. The zero-order valence-corrected chi connectivity index (χ0v) is 17.6. The van der Waals surface area contributed by atoms with E-state index >= 15 is 0 Å². The molecule has 1 aliphatic rings. The maximum atomic E-state index is 13.8. The summed E-state index contributed by atoms with van der Waals surface area (Å²) in [6.45, 7) is 2.05. The van der Waals surface area contributed by atoms with E-state index in [2.05, 4.69) is 17.1 Å². The van der Waals surface area contributed by atoms with Crippen LogP contribution in [0.3, 0.4) is 0 Å². The quantitative estimate of drug-likeness (QED) is 0.550. The monoisotopic (exact) mass is 424 g/mol. The van der Waals surface area contributed by atoms with Crippen molar-refractivity contribution in [2.45, 2.75) is 31.8 Å². The van der Waals surface area contributed by atoms with Crippen LogP contribution in [0.5, 0.6) is 0 Å². The van der Waals surface area contributed by atoms with Gasteiger partial charge in [0.1, 0.15) is 11.5 Å². The third-order valence-corrected chi connectivity index (χ3v) is 6.24. The smallest absolute Gasteiger partial charge is 0.273 e. The molecule has 0 atom stereocenters. The third-order valence-electron chi connectivity index (χ3n) is 5.39. The highest BCUT2D eigenvalue weighted by Crippen LogP contribution is 2.20. The van der Waals surface area contributed by atoms with E-state index in [9.17, 15) is 9.18 Å². The number of halogens is 1. The molecule has 2 heterocycles. The van der Waals surface area contributed by atoms with Crippen LogP contribution in [0.25, 0.3) is 0 Å². The van der Waals surface area contributed by atoms with Gasteiger partial charge in [0, 0.05) is 24.9 Å². The lowest BCUT2D eigenvalue weighted by Gasteiger charge is -2.31. The summed E-state index contributed by atoms with van der Waals surface area (Å²) >= 11 is 1.40. The number of carbonyl (C=O) groups is 1. The molecule has 0 aliphatic carbocycles. The Morgan fingerprint density at radius 3 is 2.60 bits per heavy atom. The van der Waals surface area contributed by atoms with E-state index < -0.39 is 0 Å². The number of amides is 1. The molecular formula is C24H25FN2O2S. The second-order valence-electron chi connectivity index (χ2n) is 7.49. The molecule has 0 spiro atoms. The Hall–Kier alpha value is -2.57. The van der Waals surface area contributed by atoms with Gasteiger partial charge in [-0.05, 0) is 36.5 Å². The van der Waals surface area contributed by atoms with Crippen molar-refractivity contribution < 1.29 is 13.9 Å². The molecule has 0 saturated carbocycles. The van der Waals surface area contributed by atoms with Gasteiger partial charge in [0.2, 0.25) is 0 Å². The van der Waals surface area contributed by atoms with Gasteiger partial charge in [-0.2, -0.15) is 0 Å². The summed E-state index contributed by atoms with van der Waals surface area (Å²) < 4.78 is 19.9. The number of ether oxygens (including phenoxy) is 1. The van der Waals surface area contributed by atoms with Gasteiger partial charge in [0.25, 0.3) is 5.91 Å². The molecule has 0 N–H and O–H groups in total. The van der Waals surface area contributed by atoms with Crippen molar-refractivity contribution in [3.8, 4) is 0 Å². The number of hydrogen-bond acceptors (Lipinski definition) is 4. The lowest BCUT2D eigenvalue weighted by molar-refractivity contribution is 0.00990. The molecule has 1 amide bonds. The largest absolute Gasteiger partial charge is 0.378 e. The van der Waals surface area contributed by atoms with Crippen molar-refractivity contribution in [1.29, 1.82) is 0 Å². The molecule has 6 heteroatoms. The second kappa shape index (κ2) is 9.96. The normalized spacial score (nSPS) is 14.8. The van der Waals surface area contributed by atoms with E-state index in [-0.39, 0.29) is 17.8 Å². The summed E-state index contributed by atoms with van der Waals surface area (Å²) in [6.07, 6.45) is 3.19. The highest BCUT2D eigenvalue weighted by molar-refractivity contribution is 7.09. The standard InChI is InChI=1S/C24H25FN2O2S/c25-21-9-5-4-8-19(21)16-23-26-22(17-30-23)24(28)27-13-10-20(11-14-27)29-15-12-18-6-2-1-3-7-18/h1-9,17,20H,10-16H2. The number of likely N-dealkylation sites (tertiary alicyclic amines) is 1. The molecule has 0 unspecified atom stereocenters. The van der Waals surface area contributed by atoms with Gasteiger partial charge in [0.15, 0.2) is 0 Å². The molecule has 2 aromatic carbocycles. The summed E-state index contributed by atoms with van der Waals surface area (Å²) in [5, 5.41) is 2.53. The van der Waals surface area contributed by atoms with Crippen molar-refractivity contribution in [2.24, 2.45) is 0 Å². The fourth-order valence-electron chi connectivity index (χ4n) is 3.67. The van der Waals surface area contributed by atoms with Crippen LogP contribution in [-0.4, -0.2) is 41.6 Å². The average Bonchev–Trinajstić information content (AvgIpc) is 3.25. The Balaban J connectivity index is 1.24. The number of hydrogen-bond donors (Lipinski definition) is 0. The zero-order valence-electron chi connectivity index (χ0n) is 16.8. The average molecular weight is 425 g/mol. The fourth-order valence-corrected chi connectivity index (χ4v) is 4.46. The van der Waals surface area contributed by atoms with Crippen LogP contribution in [0, 0.1) is 5.82 Å². The van der Waals surface area contributed by atoms with Gasteiger partial charge in [-0.15, -0.1) is 11.3 Å². The van der Waals surface area contributed by atoms with Crippen LogP contribution >= 0.6 is 11.3 Å². The maximum Gasteiger partial charge on any atom is 0.273 e. The summed E-state index contributed by atoms with van der Waals surface area (Å²) in [7, 11) is 0. The molecule has 4 rings (SSSR count). The van der Waals surface area contributed by atoms with Crippen LogP contribution in [0.4, 0.5) is 4.39 Å². The molecule has 0 radical (unpaired) electrons. The lowest BCUT2D eigenvalue weighted by Crippen LogP contribution is -2.41. The predicted molar refractivity (Wildman–Crippen MR) is 116 cm³/mol. The van der Waals surface area contributed by atoms with Crippen LogP contribution < -0.4 is 0 Å². The molecule has 0 bridgehead atoms. The number of benzene rings is 2. The van der Waals surface area contributed by atoms with E-state index in [1.165, 1.54) is 23.0 Å². The fraction of sp³-hybridized carbons (Fsp3) is 0.333. The molecule has 30 heavy (non-hydrogen) atoms. The van der Waals surface area contributed by atoms with Crippen molar-refractivity contribution in [1.82, 2.24) is 9.88 Å². The number of piperidine rings is 1. The first-order chi connectivity index (χ1) is 14.7. The Bertz CT molecular complexity index is 968. The van der Waals surface area contributed by atoms with E-state index in [1.807, 2.05) is 29.2 Å². The Morgan fingerprint density at radius 2 is 1.83 bits per heavy atom. The molecular weight excluding hydrogens is 399 g/mol. The number of thiazole rings is 1. The van der Waals surface area contributed by atoms with Gasteiger partial charge >= 0.3 is 0 Å². The van der Waals surface area contributed by atoms with Crippen LogP contribution in [0.1, 0.15) is 39.5 Å². The van der Waals surface area contributed by atoms with Crippen molar-refractivity contribution >= 4 is 17.2 Å². The van der Waals surface area contributed by atoms with Crippen LogP contribution in [0.15, 0.2) is 60.0 Å². The van der Waals surface area contributed by atoms with Gasteiger partial charge in [0.05, 0.1) is 17.7 Å². The highest BCUT2D eigenvalue weighted by atomic mass is 32.1. The first kappa shape index (κ1) is 20.7. The number of aromatic nitrogens is 1. The van der Waals surface area contributed by atoms with Gasteiger partial charge < -0.3 is 9.64 Å². The first-order valence-corrected chi connectivity index (χ1v) is 11.2. The Labute approximate surface area is 180 Å².